The van der Waals surface area contributed by atoms with Crippen LogP contribution in [0.3, 0.4) is 0 Å². The number of rotatable bonds is 4. The third-order valence-corrected chi connectivity index (χ3v) is 6.71. The fraction of sp³-hybridized carbons (Fsp3) is 0.481. The third kappa shape index (κ3) is 4.72. The molecule has 2 aromatic heterocycles. The molecule has 3 heterocycles. The van der Waals surface area contributed by atoms with Gasteiger partial charge >= 0.3 is 0 Å². The lowest BCUT2D eigenvalue weighted by molar-refractivity contribution is -0.152. The second kappa shape index (κ2) is 8.96. The summed E-state index contributed by atoms with van der Waals surface area (Å²) < 4.78 is 15.4. The Labute approximate surface area is 210 Å². The summed E-state index contributed by atoms with van der Waals surface area (Å²) in [4.78, 5) is 34.2. The minimum atomic E-state index is -1.47. The van der Waals surface area contributed by atoms with Crippen LogP contribution >= 0.6 is 0 Å². The number of benzene rings is 1. The Hall–Kier alpha value is -3.33. The predicted molar refractivity (Wildman–Crippen MR) is 135 cm³/mol. The van der Waals surface area contributed by atoms with E-state index in [1.54, 1.807) is 39.6 Å². The van der Waals surface area contributed by atoms with E-state index in [9.17, 15) is 19.1 Å². The van der Waals surface area contributed by atoms with Crippen LogP contribution in [0.15, 0.2) is 30.5 Å². The average molecular weight is 496 g/mol. The highest BCUT2D eigenvalue weighted by Gasteiger charge is 2.42. The normalized spacial score (nSPS) is 16.2. The lowest BCUT2D eigenvalue weighted by atomic mass is 9.96. The molecule has 0 saturated carbocycles. The van der Waals surface area contributed by atoms with Gasteiger partial charge in [0.05, 0.1) is 17.4 Å². The quantitative estimate of drug-likeness (QED) is 0.595. The van der Waals surface area contributed by atoms with Crippen molar-refractivity contribution in [3.05, 3.63) is 53.1 Å². The van der Waals surface area contributed by atoms with E-state index in [4.69, 9.17) is 0 Å². The number of amides is 2. The zero-order chi connectivity index (χ0) is 26.6. The number of hydrogen-bond donors (Lipinski definition) is 1. The van der Waals surface area contributed by atoms with Gasteiger partial charge in [0.15, 0.2) is 5.65 Å². The van der Waals surface area contributed by atoms with E-state index in [2.05, 4.69) is 10.1 Å². The third-order valence-electron chi connectivity index (χ3n) is 6.71. The van der Waals surface area contributed by atoms with Crippen LogP contribution in [0, 0.1) is 12.7 Å². The minimum Gasteiger partial charge on any atom is -0.381 e. The maximum absolute atomic E-state index is 13.8. The predicted octanol–water partition coefficient (Wildman–Crippen LogP) is 3.80. The van der Waals surface area contributed by atoms with Gasteiger partial charge in [-0.15, -0.1) is 0 Å². The Bertz CT molecular complexity index is 1340. The first-order valence-electron chi connectivity index (χ1n) is 12.2. The first kappa shape index (κ1) is 25.8. The first-order chi connectivity index (χ1) is 16.7. The van der Waals surface area contributed by atoms with Crippen LogP contribution in [0.25, 0.3) is 16.9 Å². The molecule has 1 aliphatic rings. The number of aromatic nitrogens is 3. The summed E-state index contributed by atoms with van der Waals surface area (Å²) in [7, 11) is 0. The lowest BCUT2D eigenvalue weighted by Crippen LogP contribution is -2.64. The van der Waals surface area contributed by atoms with Crippen molar-refractivity contribution in [2.45, 2.75) is 65.5 Å². The van der Waals surface area contributed by atoms with Gasteiger partial charge in [0.1, 0.15) is 17.1 Å². The number of fused-ring (bicyclic) bond motifs is 1. The molecule has 9 heteroatoms. The molecule has 1 aliphatic heterocycles. The molecular weight excluding hydrogens is 461 g/mol. The van der Waals surface area contributed by atoms with Gasteiger partial charge in [0, 0.05) is 30.8 Å². The highest BCUT2D eigenvalue weighted by atomic mass is 19.1. The topological polar surface area (TPSA) is 91.0 Å². The molecule has 0 unspecified atom stereocenters. The molecule has 1 aromatic carbocycles. The maximum Gasteiger partial charge on any atom is 0.274 e. The van der Waals surface area contributed by atoms with Crippen LogP contribution in [0.1, 0.15) is 69.1 Å². The lowest BCUT2D eigenvalue weighted by Gasteiger charge is -2.47. The van der Waals surface area contributed by atoms with E-state index in [0.29, 0.717) is 36.5 Å². The van der Waals surface area contributed by atoms with Crippen LogP contribution in [0.5, 0.6) is 0 Å². The summed E-state index contributed by atoms with van der Waals surface area (Å²) in [6, 6.07) is 6.83. The van der Waals surface area contributed by atoms with Crippen LogP contribution in [0.2, 0.25) is 0 Å². The number of aliphatic hydroxyl groups is 1. The number of hydrogen-bond acceptors (Lipinski definition) is 5. The number of carbonyl (C=O) groups excluding carboxylic acids is 2. The first-order valence-corrected chi connectivity index (χ1v) is 12.2. The van der Waals surface area contributed by atoms with E-state index >= 15 is 0 Å². The van der Waals surface area contributed by atoms with Crippen molar-refractivity contribution in [2.75, 3.05) is 19.6 Å². The number of aryl methyl sites for hydroxylation is 1. The van der Waals surface area contributed by atoms with E-state index in [-0.39, 0.29) is 29.2 Å². The van der Waals surface area contributed by atoms with Crippen molar-refractivity contribution in [1.82, 2.24) is 24.4 Å². The van der Waals surface area contributed by atoms with Gasteiger partial charge in [-0.25, -0.2) is 13.9 Å². The van der Waals surface area contributed by atoms with Crippen LogP contribution in [-0.2, 0) is 4.79 Å². The smallest absolute Gasteiger partial charge is 0.274 e. The Kier molecular flexibility index (Phi) is 6.41. The van der Waals surface area contributed by atoms with Crippen molar-refractivity contribution in [2.24, 2.45) is 0 Å². The van der Waals surface area contributed by atoms with Gasteiger partial charge in [-0.2, -0.15) is 5.10 Å². The Morgan fingerprint density at radius 1 is 1.17 bits per heavy atom. The molecule has 8 nitrogen and oxygen atoms in total. The summed E-state index contributed by atoms with van der Waals surface area (Å²) in [5.74, 6) is -0.750. The number of piperazine rings is 1. The van der Waals surface area contributed by atoms with Crippen LogP contribution in [0.4, 0.5) is 4.39 Å². The van der Waals surface area contributed by atoms with E-state index < -0.39 is 11.1 Å². The monoisotopic (exact) mass is 495 g/mol. The molecule has 1 N–H and O–H groups in total. The number of nitrogens with zero attached hydrogens (tertiary/aromatic N) is 5. The van der Waals surface area contributed by atoms with E-state index in [0.717, 1.165) is 11.1 Å². The van der Waals surface area contributed by atoms with Crippen molar-refractivity contribution in [3.63, 3.8) is 0 Å². The van der Waals surface area contributed by atoms with Gasteiger partial charge < -0.3 is 14.9 Å². The summed E-state index contributed by atoms with van der Waals surface area (Å²) in [6.45, 7) is 13.5. The molecule has 0 aliphatic carbocycles. The van der Waals surface area contributed by atoms with Gasteiger partial charge in [-0.3, -0.25) is 9.59 Å². The highest BCUT2D eigenvalue weighted by Crippen LogP contribution is 2.29. The van der Waals surface area contributed by atoms with Crippen LogP contribution < -0.4 is 0 Å². The minimum absolute atomic E-state index is 0.119. The summed E-state index contributed by atoms with van der Waals surface area (Å²) in [5.41, 5.74) is 1.67. The largest absolute Gasteiger partial charge is 0.381 e. The van der Waals surface area contributed by atoms with Crippen LogP contribution in [-0.4, -0.2) is 72.1 Å². The second-order valence-corrected chi connectivity index (χ2v) is 11.1. The molecule has 0 atom stereocenters. The molecule has 192 valence electrons. The summed E-state index contributed by atoms with van der Waals surface area (Å²) in [6.07, 6.45) is 1.63. The standard InChI is InChI=1S/C27H34FN5O3/c1-16(2)19-13-21(18-8-9-20(28)17(3)12-18)30-33-14-22(29-23(19)33)24(34)32-11-10-31(15-26(32,4)5)25(35)27(6,7)36/h8-9,12-14,16,36H,10-11,15H2,1-7H3. The Morgan fingerprint density at radius 2 is 1.86 bits per heavy atom. The summed E-state index contributed by atoms with van der Waals surface area (Å²) in [5, 5.41) is 14.8. The molecule has 4 rings (SSSR count). The van der Waals surface area contributed by atoms with E-state index in [1.807, 2.05) is 33.8 Å². The Morgan fingerprint density at radius 3 is 2.44 bits per heavy atom. The molecule has 1 fully saturated rings. The fourth-order valence-corrected chi connectivity index (χ4v) is 4.70. The van der Waals surface area contributed by atoms with Crippen molar-refractivity contribution >= 4 is 17.5 Å². The van der Waals surface area contributed by atoms with E-state index in [1.165, 1.54) is 19.9 Å². The van der Waals surface area contributed by atoms with Gasteiger partial charge in [-0.05, 0) is 70.4 Å². The van der Waals surface area contributed by atoms with Gasteiger partial charge in [0.2, 0.25) is 0 Å². The molecule has 2 amide bonds. The maximum atomic E-state index is 13.8. The molecule has 36 heavy (non-hydrogen) atoms. The number of imidazole rings is 1. The molecule has 0 spiro atoms. The Balaban J connectivity index is 1.69. The summed E-state index contributed by atoms with van der Waals surface area (Å²) >= 11 is 0. The second-order valence-electron chi connectivity index (χ2n) is 11.1. The average Bonchev–Trinajstić information content (AvgIpc) is 3.22. The SMILES string of the molecule is Cc1cc(-c2cc(C(C)C)c3nc(C(=O)N4CCN(C(=O)C(C)(C)O)CC4(C)C)cn3n2)ccc1F. The molecule has 0 bridgehead atoms. The molecular formula is C27H34FN5O3. The number of carbonyl (C=O) groups is 2. The molecule has 0 radical (unpaired) electrons. The van der Waals surface area contributed by atoms with Crippen molar-refractivity contribution < 1.29 is 19.1 Å². The molecule has 3 aromatic rings. The van der Waals surface area contributed by atoms with Gasteiger partial charge in [0.25, 0.3) is 11.8 Å². The highest BCUT2D eigenvalue weighted by molar-refractivity contribution is 5.94. The van der Waals surface area contributed by atoms with Crippen molar-refractivity contribution in [1.29, 1.82) is 0 Å². The molecule has 1 saturated heterocycles. The fourth-order valence-electron chi connectivity index (χ4n) is 4.70. The number of halogens is 1. The van der Waals surface area contributed by atoms with Gasteiger partial charge in [-0.1, -0.05) is 13.8 Å². The van der Waals surface area contributed by atoms with Crippen molar-refractivity contribution in [3.8, 4) is 11.3 Å². The zero-order valence-electron chi connectivity index (χ0n) is 22.0. The zero-order valence-corrected chi connectivity index (χ0v) is 22.0.